The molecule has 1 unspecified atom stereocenters. The van der Waals surface area contributed by atoms with E-state index in [-0.39, 0.29) is 28.8 Å². The smallest absolute Gasteiger partial charge is 0.288 e. The summed E-state index contributed by atoms with van der Waals surface area (Å²) in [5, 5.41) is 42.6. The summed E-state index contributed by atoms with van der Waals surface area (Å²) >= 11 is 0. The van der Waals surface area contributed by atoms with Gasteiger partial charge in [0.25, 0.3) is 11.2 Å². The van der Waals surface area contributed by atoms with E-state index in [1.165, 1.54) is 22.9 Å². The zero-order valence-corrected chi connectivity index (χ0v) is 17.1. The Bertz CT molecular complexity index is 1430. The summed E-state index contributed by atoms with van der Waals surface area (Å²) in [6, 6.07) is 9.91. The summed E-state index contributed by atoms with van der Waals surface area (Å²) in [4.78, 5) is 23.3. The first-order chi connectivity index (χ1) is 16.0. The monoisotopic (exact) mass is 448 g/mol. The number of phenols is 1. The van der Waals surface area contributed by atoms with E-state index in [0.29, 0.717) is 29.0 Å². The van der Waals surface area contributed by atoms with Gasteiger partial charge in [-0.05, 0) is 47.2 Å². The van der Waals surface area contributed by atoms with Gasteiger partial charge in [-0.25, -0.2) is 5.10 Å². The number of non-ortho nitro benzene ring substituents is 1. The summed E-state index contributed by atoms with van der Waals surface area (Å²) in [6.45, 7) is 2.13. The molecule has 1 aliphatic rings. The lowest BCUT2D eigenvalue weighted by Gasteiger charge is -2.28. The van der Waals surface area contributed by atoms with Crippen LogP contribution in [-0.4, -0.2) is 47.0 Å². The number of H-pyrrole nitrogens is 1. The molecule has 0 saturated carbocycles. The molecule has 4 aromatic rings. The van der Waals surface area contributed by atoms with Crippen LogP contribution in [0.5, 0.6) is 11.5 Å². The number of nitrogens with one attached hydrogen (secondary N) is 2. The lowest BCUT2D eigenvalue weighted by molar-refractivity contribution is -0.384. The quantitative estimate of drug-likeness (QED) is 0.267. The molecule has 0 saturated heterocycles. The molecule has 166 valence electrons. The van der Waals surface area contributed by atoms with Gasteiger partial charge < -0.3 is 15.2 Å². The van der Waals surface area contributed by atoms with Crippen LogP contribution in [-0.2, 0) is 0 Å². The summed E-state index contributed by atoms with van der Waals surface area (Å²) < 4.78 is 7.01. The Balaban J connectivity index is 1.75. The molecule has 33 heavy (non-hydrogen) atoms. The Morgan fingerprint density at radius 3 is 2.76 bits per heavy atom. The topological polar surface area (TPSA) is 174 Å². The molecule has 0 spiro atoms. The molecule has 0 fully saturated rings. The van der Waals surface area contributed by atoms with Gasteiger partial charge in [-0.2, -0.15) is 9.78 Å². The number of nitro benzene ring substituents is 1. The number of aromatic nitrogens is 6. The predicted molar refractivity (Wildman–Crippen MR) is 115 cm³/mol. The number of hydrogen-bond donors (Lipinski definition) is 3. The van der Waals surface area contributed by atoms with Gasteiger partial charge in [0, 0.05) is 23.3 Å². The SMILES string of the molecule is CCOc1cc(C2c3c(-c4ccc([N+](=O)[O-])cc4)n[nH]c(=O)c3Nc3nnnn32)ccc1O. The molecule has 1 aliphatic heterocycles. The lowest BCUT2D eigenvalue weighted by atomic mass is 9.92. The number of aromatic amines is 1. The van der Waals surface area contributed by atoms with Crippen molar-refractivity contribution in [3.05, 3.63) is 74.1 Å². The van der Waals surface area contributed by atoms with E-state index in [2.05, 4.69) is 31.0 Å². The number of tetrazole rings is 1. The van der Waals surface area contributed by atoms with E-state index >= 15 is 0 Å². The minimum absolute atomic E-state index is 0.0358. The fourth-order valence-corrected chi connectivity index (χ4v) is 3.78. The normalized spacial score (nSPS) is 14.2. The standard InChI is InChI=1S/C20H16N8O5/c1-2-33-14-9-11(5-8-13(14)29)18-15-16(10-3-6-12(7-4-10)28(31)32)22-23-19(30)17(15)21-20-24-25-26-27(18)20/h3-9,18,29H,2H2,1H3,(H,23,30)(H,21,24,26). The fraction of sp³-hybridized carbons (Fsp3) is 0.150. The zero-order chi connectivity index (χ0) is 23.1. The highest BCUT2D eigenvalue weighted by Gasteiger charge is 2.34. The summed E-state index contributed by atoms with van der Waals surface area (Å²) in [7, 11) is 0. The number of benzene rings is 2. The molecule has 0 radical (unpaired) electrons. The van der Waals surface area contributed by atoms with Crippen LogP contribution in [0, 0.1) is 10.1 Å². The molecule has 13 heteroatoms. The van der Waals surface area contributed by atoms with Gasteiger partial charge in [0.05, 0.1) is 17.2 Å². The van der Waals surface area contributed by atoms with Crippen LogP contribution in [0.2, 0.25) is 0 Å². The number of rotatable bonds is 5. The Morgan fingerprint density at radius 2 is 2.03 bits per heavy atom. The number of phenolic OH excluding ortho intramolecular Hbond substituents is 1. The molecule has 2 aromatic heterocycles. The molecule has 1 atom stereocenters. The summed E-state index contributed by atoms with van der Waals surface area (Å²) in [5.74, 6) is 0.468. The molecule has 0 amide bonds. The summed E-state index contributed by atoms with van der Waals surface area (Å²) in [5.41, 5.74) is 1.64. The first-order valence-corrected chi connectivity index (χ1v) is 9.86. The van der Waals surface area contributed by atoms with Crippen molar-refractivity contribution in [1.82, 2.24) is 30.4 Å². The Labute approximate surface area is 184 Å². The molecule has 0 bridgehead atoms. The number of aromatic hydroxyl groups is 1. The minimum atomic E-state index is -0.703. The minimum Gasteiger partial charge on any atom is -0.504 e. The highest BCUT2D eigenvalue weighted by Crippen LogP contribution is 2.42. The van der Waals surface area contributed by atoms with Crippen molar-refractivity contribution < 1.29 is 14.8 Å². The molecule has 3 N–H and O–H groups in total. The molecule has 13 nitrogen and oxygen atoms in total. The van der Waals surface area contributed by atoms with E-state index in [0.717, 1.165) is 0 Å². The van der Waals surface area contributed by atoms with E-state index in [9.17, 15) is 20.0 Å². The molecular weight excluding hydrogens is 432 g/mol. The third kappa shape index (κ3) is 3.31. The van der Waals surface area contributed by atoms with Gasteiger partial charge in [0.2, 0.25) is 5.95 Å². The lowest BCUT2D eigenvalue weighted by Crippen LogP contribution is -2.29. The first-order valence-electron chi connectivity index (χ1n) is 9.86. The second kappa shape index (κ2) is 7.71. The van der Waals surface area contributed by atoms with Gasteiger partial charge in [-0.1, -0.05) is 11.2 Å². The van der Waals surface area contributed by atoms with Crippen molar-refractivity contribution >= 4 is 17.3 Å². The number of fused-ring (bicyclic) bond motifs is 2. The van der Waals surface area contributed by atoms with Gasteiger partial charge >= 0.3 is 0 Å². The predicted octanol–water partition coefficient (Wildman–Crippen LogP) is 2.13. The van der Waals surface area contributed by atoms with E-state index < -0.39 is 16.5 Å². The largest absolute Gasteiger partial charge is 0.504 e. The maximum atomic E-state index is 12.7. The van der Waals surface area contributed by atoms with Gasteiger partial charge in [0.15, 0.2) is 11.5 Å². The number of nitro groups is 1. The molecule has 3 heterocycles. The fourth-order valence-electron chi connectivity index (χ4n) is 3.78. The van der Waals surface area contributed by atoms with Gasteiger partial charge in [0.1, 0.15) is 11.7 Å². The van der Waals surface area contributed by atoms with Crippen molar-refractivity contribution in [2.75, 3.05) is 11.9 Å². The average molecular weight is 448 g/mol. The second-order valence-electron chi connectivity index (χ2n) is 7.13. The number of anilines is 2. The average Bonchev–Trinajstić information content (AvgIpc) is 3.28. The second-order valence-corrected chi connectivity index (χ2v) is 7.13. The Morgan fingerprint density at radius 1 is 1.24 bits per heavy atom. The number of hydrogen-bond acceptors (Lipinski definition) is 10. The number of nitrogens with zero attached hydrogens (tertiary/aromatic N) is 6. The maximum Gasteiger partial charge on any atom is 0.288 e. The Hall–Kier alpha value is -4.81. The first kappa shape index (κ1) is 20.1. The van der Waals surface area contributed by atoms with Crippen molar-refractivity contribution in [3.8, 4) is 22.8 Å². The van der Waals surface area contributed by atoms with Crippen LogP contribution in [0.25, 0.3) is 11.3 Å². The van der Waals surface area contributed by atoms with Crippen LogP contribution in [0.3, 0.4) is 0 Å². The van der Waals surface area contributed by atoms with Crippen LogP contribution in [0.4, 0.5) is 17.3 Å². The third-order valence-electron chi connectivity index (χ3n) is 5.22. The molecule has 0 aliphatic carbocycles. The number of ether oxygens (including phenoxy) is 1. The highest BCUT2D eigenvalue weighted by molar-refractivity contribution is 5.76. The third-order valence-corrected chi connectivity index (χ3v) is 5.22. The molecule has 2 aromatic carbocycles. The Kier molecular flexibility index (Phi) is 4.70. The van der Waals surface area contributed by atoms with Gasteiger partial charge in [-0.15, -0.1) is 0 Å². The molecule has 5 rings (SSSR count). The van der Waals surface area contributed by atoms with Crippen LogP contribution >= 0.6 is 0 Å². The van der Waals surface area contributed by atoms with E-state index in [4.69, 9.17) is 4.74 Å². The highest BCUT2D eigenvalue weighted by atomic mass is 16.6. The zero-order valence-electron chi connectivity index (χ0n) is 17.1. The van der Waals surface area contributed by atoms with E-state index in [1.54, 1.807) is 31.2 Å². The maximum absolute atomic E-state index is 12.7. The van der Waals surface area contributed by atoms with E-state index in [1.807, 2.05) is 0 Å². The molecular formula is C20H16N8O5. The van der Waals surface area contributed by atoms with Crippen molar-refractivity contribution in [2.24, 2.45) is 0 Å². The van der Waals surface area contributed by atoms with Crippen LogP contribution in [0.15, 0.2) is 47.3 Å². The van der Waals surface area contributed by atoms with Crippen molar-refractivity contribution in [2.45, 2.75) is 13.0 Å². The van der Waals surface area contributed by atoms with Crippen molar-refractivity contribution in [3.63, 3.8) is 0 Å². The van der Waals surface area contributed by atoms with Crippen LogP contribution in [0.1, 0.15) is 24.1 Å². The van der Waals surface area contributed by atoms with Crippen molar-refractivity contribution in [1.29, 1.82) is 0 Å². The van der Waals surface area contributed by atoms with Crippen LogP contribution < -0.4 is 15.6 Å². The summed E-state index contributed by atoms with van der Waals surface area (Å²) in [6.07, 6.45) is 0. The van der Waals surface area contributed by atoms with Gasteiger partial charge in [-0.3, -0.25) is 14.9 Å².